The van der Waals surface area contributed by atoms with Crippen LogP contribution >= 0.6 is 0 Å². The lowest BCUT2D eigenvalue weighted by Gasteiger charge is -2.28. The first-order valence-corrected chi connectivity index (χ1v) is 15.0. The molecule has 2 nitrogen and oxygen atoms in total. The molecule has 0 N–H and O–H groups in total. The Morgan fingerprint density at radius 2 is 0.932 bits per heavy atom. The first-order valence-electron chi connectivity index (χ1n) is 15.0. The number of benzene rings is 7. The van der Waals surface area contributed by atoms with Crippen molar-refractivity contribution in [2.75, 3.05) is 4.90 Å². The maximum absolute atomic E-state index is 2.41. The van der Waals surface area contributed by atoms with Crippen LogP contribution in [0.5, 0.6) is 0 Å². The van der Waals surface area contributed by atoms with Gasteiger partial charge in [-0.3, -0.25) is 0 Å². The Bertz CT molecular complexity index is 2200. The zero-order chi connectivity index (χ0) is 29.3. The molecule has 7 aromatic carbocycles. The topological polar surface area (TPSA) is 8.17 Å². The van der Waals surface area contributed by atoms with Crippen molar-refractivity contribution in [3.05, 3.63) is 182 Å². The van der Waals surface area contributed by atoms with Crippen LogP contribution in [-0.2, 0) is 0 Å². The Balaban J connectivity index is 1.46. The van der Waals surface area contributed by atoms with Gasteiger partial charge in [-0.2, -0.15) is 0 Å². The average molecular weight is 563 g/mol. The first-order chi connectivity index (χ1) is 21.8. The van der Waals surface area contributed by atoms with Crippen molar-refractivity contribution < 1.29 is 0 Å². The van der Waals surface area contributed by atoms with Gasteiger partial charge in [0.25, 0.3) is 0 Å². The van der Waals surface area contributed by atoms with Crippen LogP contribution < -0.4 is 4.90 Å². The van der Waals surface area contributed by atoms with Crippen LogP contribution in [0.1, 0.15) is 0 Å². The molecule has 0 saturated carbocycles. The van der Waals surface area contributed by atoms with E-state index in [0.29, 0.717) is 0 Å². The van der Waals surface area contributed by atoms with Gasteiger partial charge in [0.15, 0.2) is 0 Å². The zero-order valence-corrected chi connectivity index (χ0v) is 24.2. The summed E-state index contributed by atoms with van der Waals surface area (Å²) in [6.07, 6.45) is 0. The standard InChI is InChI=1S/C42H30N2/c1-5-16-31(17-6-1)33-20-15-25-36(28-33)43(34-21-9-3-10-22-34)41-30-39-37-26-13-14-27-40(37)44(35-23-11-4-12-24-35)42(39)29-38(41)32-18-7-2-8-19-32/h1-30H. The van der Waals surface area contributed by atoms with Gasteiger partial charge >= 0.3 is 0 Å². The summed E-state index contributed by atoms with van der Waals surface area (Å²) in [5, 5.41) is 2.46. The molecular formula is C42H30N2. The van der Waals surface area contributed by atoms with Crippen molar-refractivity contribution >= 4 is 38.9 Å². The summed E-state index contributed by atoms with van der Waals surface area (Å²) in [7, 11) is 0. The second kappa shape index (κ2) is 11.1. The first kappa shape index (κ1) is 25.8. The Morgan fingerprint density at radius 3 is 1.66 bits per heavy atom. The summed E-state index contributed by atoms with van der Waals surface area (Å²) in [6, 6.07) is 65.1. The van der Waals surface area contributed by atoms with Crippen molar-refractivity contribution in [1.82, 2.24) is 4.57 Å². The second-order valence-electron chi connectivity index (χ2n) is 11.0. The second-order valence-corrected chi connectivity index (χ2v) is 11.0. The molecule has 8 rings (SSSR count). The molecule has 208 valence electrons. The summed E-state index contributed by atoms with van der Waals surface area (Å²) in [5.41, 5.74) is 11.6. The highest BCUT2D eigenvalue weighted by Gasteiger charge is 2.22. The fourth-order valence-electron chi connectivity index (χ4n) is 6.35. The summed E-state index contributed by atoms with van der Waals surface area (Å²) >= 11 is 0. The quantitative estimate of drug-likeness (QED) is 0.196. The number of aromatic nitrogens is 1. The summed E-state index contributed by atoms with van der Waals surface area (Å²) < 4.78 is 2.39. The smallest absolute Gasteiger partial charge is 0.0548 e. The molecule has 0 spiro atoms. The number of para-hydroxylation sites is 3. The van der Waals surface area contributed by atoms with Crippen molar-refractivity contribution in [2.45, 2.75) is 0 Å². The fraction of sp³-hybridized carbons (Fsp3) is 0. The van der Waals surface area contributed by atoms with E-state index < -0.39 is 0 Å². The van der Waals surface area contributed by atoms with E-state index in [1.807, 2.05) is 0 Å². The van der Waals surface area contributed by atoms with Crippen molar-refractivity contribution in [3.63, 3.8) is 0 Å². The molecule has 1 heterocycles. The highest BCUT2D eigenvalue weighted by molar-refractivity contribution is 6.13. The minimum atomic E-state index is 1.11. The molecule has 0 aliphatic rings. The van der Waals surface area contributed by atoms with E-state index in [1.165, 1.54) is 44.1 Å². The molecule has 0 unspecified atom stereocenters. The van der Waals surface area contributed by atoms with Crippen molar-refractivity contribution in [1.29, 1.82) is 0 Å². The molecule has 0 fully saturated rings. The predicted molar refractivity (Wildman–Crippen MR) is 186 cm³/mol. The van der Waals surface area contributed by atoms with Gasteiger partial charge in [-0.25, -0.2) is 0 Å². The van der Waals surface area contributed by atoms with E-state index in [0.717, 1.165) is 22.7 Å². The van der Waals surface area contributed by atoms with Crippen LogP contribution in [0.25, 0.3) is 49.7 Å². The number of hydrogen-bond acceptors (Lipinski definition) is 1. The Hall–Kier alpha value is -5.86. The van der Waals surface area contributed by atoms with Crippen LogP contribution in [-0.4, -0.2) is 4.57 Å². The molecule has 1 aromatic heterocycles. The lowest BCUT2D eigenvalue weighted by Crippen LogP contribution is -2.11. The Kier molecular flexibility index (Phi) is 6.51. The SMILES string of the molecule is c1ccc(-c2cccc(N(c3ccccc3)c3cc4c5ccccc5n(-c5ccccc5)c4cc3-c3ccccc3)c2)cc1. The van der Waals surface area contributed by atoms with Crippen LogP contribution in [0.4, 0.5) is 17.1 Å². The van der Waals surface area contributed by atoms with Gasteiger partial charge < -0.3 is 9.47 Å². The van der Waals surface area contributed by atoms with Gasteiger partial charge in [0, 0.05) is 33.4 Å². The van der Waals surface area contributed by atoms with E-state index >= 15 is 0 Å². The van der Waals surface area contributed by atoms with Gasteiger partial charge in [-0.15, -0.1) is 0 Å². The Labute approximate surface area is 257 Å². The maximum atomic E-state index is 2.41. The fourth-order valence-corrected chi connectivity index (χ4v) is 6.35. The molecular weight excluding hydrogens is 532 g/mol. The van der Waals surface area contributed by atoms with E-state index in [2.05, 4.69) is 191 Å². The third kappa shape index (κ3) is 4.54. The third-order valence-corrected chi connectivity index (χ3v) is 8.36. The summed E-state index contributed by atoms with van der Waals surface area (Å²) in [4.78, 5) is 2.41. The molecule has 44 heavy (non-hydrogen) atoms. The molecule has 8 aromatic rings. The molecule has 0 radical (unpaired) electrons. The Morgan fingerprint density at radius 1 is 0.364 bits per heavy atom. The average Bonchev–Trinajstić information content (AvgIpc) is 3.43. The van der Waals surface area contributed by atoms with E-state index in [9.17, 15) is 0 Å². The lowest BCUT2D eigenvalue weighted by atomic mass is 9.98. The number of rotatable bonds is 6. The molecule has 0 atom stereocenters. The van der Waals surface area contributed by atoms with Crippen molar-refractivity contribution in [2.24, 2.45) is 0 Å². The normalized spacial score (nSPS) is 11.2. The third-order valence-electron chi connectivity index (χ3n) is 8.36. The largest absolute Gasteiger partial charge is 0.310 e. The summed E-state index contributed by atoms with van der Waals surface area (Å²) in [6.45, 7) is 0. The van der Waals surface area contributed by atoms with Gasteiger partial charge in [0.05, 0.1) is 16.7 Å². The minimum absolute atomic E-state index is 1.11. The maximum Gasteiger partial charge on any atom is 0.0548 e. The van der Waals surface area contributed by atoms with E-state index in [1.54, 1.807) is 0 Å². The molecule has 0 aliphatic heterocycles. The van der Waals surface area contributed by atoms with Gasteiger partial charge in [0.2, 0.25) is 0 Å². The van der Waals surface area contributed by atoms with E-state index in [-0.39, 0.29) is 0 Å². The van der Waals surface area contributed by atoms with E-state index in [4.69, 9.17) is 0 Å². The molecule has 2 heteroatoms. The van der Waals surface area contributed by atoms with Crippen LogP contribution in [0, 0.1) is 0 Å². The number of hydrogen-bond donors (Lipinski definition) is 0. The van der Waals surface area contributed by atoms with Crippen LogP contribution in [0.2, 0.25) is 0 Å². The van der Waals surface area contributed by atoms with Crippen LogP contribution in [0.3, 0.4) is 0 Å². The zero-order valence-electron chi connectivity index (χ0n) is 24.2. The monoisotopic (exact) mass is 562 g/mol. The number of nitrogens with zero attached hydrogens (tertiary/aromatic N) is 2. The van der Waals surface area contributed by atoms with Gasteiger partial charge in [-0.1, -0.05) is 127 Å². The van der Waals surface area contributed by atoms with Crippen molar-refractivity contribution in [3.8, 4) is 27.9 Å². The molecule has 0 bridgehead atoms. The highest BCUT2D eigenvalue weighted by atomic mass is 15.1. The minimum Gasteiger partial charge on any atom is -0.310 e. The van der Waals surface area contributed by atoms with Crippen LogP contribution in [0.15, 0.2) is 182 Å². The van der Waals surface area contributed by atoms with Gasteiger partial charge in [-0.05, 0) is 71.3 Å². The highest BCUT2D eigenvalue weighted by Crippen LogP contribution is 2.45. The number of fused-ring (bicyclic) bond motifs is 3. The van der Waals surface area contributed by atoms with Gasteiger partial charge in [0.1, 0.15) is 0 Å². The summed E-state index contributed by atoms with van der Waals surface area (Å²) in [5.74, 6) is 0. The molecule has 0 aliphatic carbocycles. The molecule has 0 amide bonds. The molecule has 0 saturated heterocycles. The number of anilines is 3. The predicted octanol–water partition coefficient (Wildman–Crippen LogP) is 11.6. The lowest BCUT2D eigenvalue weighted by molar-refractivity contribution is 1.18.